The zero-order valence-corrected chi connectivity index (χ0v) is 15.0. The van der Waals surface area contributed by atoms with E-state index in [4.69, 9.17) is 0 Å². The molecule has 1 N–H and O–H groups in total. The molecule has 1 aliphatic carbocycles. The second-order valence-corrected chi connectivity index (χ2v) is 7.34. The summed E-state index contributed by atoms with van der Waals surface area (Å²) in [6, 6.07) is 2.28. The van der Waals surface area contributed by atoms with E-state index < -0.39 is 5.41 Å². The maximum absolute atomic E-state index is 12.8. The van der Waals surface area contributed by atoms with Gasteiger partial charge in [-0.05, 0) is 32.1 Å². The van der Waals surface area contributed by atoms with E-state index in [1.807, 2.05) is 0 Å². The highest BCUT2D eigenvalue weighted by atomic mass is 16.2. The van der Waals surface area contributed by atoms with Crippen LogP contribution in [0, 0.1) is 22.7 Å². The Morgan fingerprint density at radius 3 is 2.62 bits per heavy atom. The topological polar surface area (TPSA) is 73.2 Å². The van der Waals surface area contributed by atoms with Crippen molar-refractivity contribution in [2.75, 3.05) is 19.6 Å². The number of likely N-dealkylation sites (tertiary alicyclic amines) is 1. The number of unbranched alkanes of at least 4 members (excludes halogenated alkanes) is 3. The van der Waals surface area contributed by atoms with Gasteiger partial charge < -0.3 is 10.2 Å². The van der Waals surface area contributed by atoms with Crippen molar-refractivity contribution in [2.45, 2.75) is 71.1 Å². The molecule has 1 heterocycles. The highest BCUT2D eigenvalue weighted by Gasteiger charge is 2.45. The molecule has 1 unspecified atom stereocenters. The quantitative estimate of drug-likeness (QED) is 0.728. The third kappa shape index (κ3) is 4.49. The van der Waals surface area contributed by atoms with Crippen molar-refractivity contribution in [3.63, 3.8) is 0 Å². The van der Waals surface area contributed by atoms with E-state index in [1.54, 1.807) is 4.90 Å². The third-order valence-corrected chi connectivity index (χ3v) is 5.49. The lowest BCUT2D eigenvalue weighted by Crippen LogP contribution is -2.49. The monoisotopic (exact) mass is 333 g/mol. The van der Waals surface area contributed by atoms with E-state index in [0.717, 1.165) is 45.1 Å². The van der Waals surface area contributed by atoms with Crippen LogP contribution in [0.25, 0.3) is 0 Å². The van der Waals surface area contributed by atoms with Crippen molar-refractivity contribution < 1.29 is 9.59 Å². The smallest absolute Gasteiger partial charge is 0.243 e. The number of rotatable bonds is 7. The van der Waals surface area contributed by atoms with Crippen LogP contribution in [-0.4, -0.2) is 36.3 Å². The maximum Gasteiger partial charge on any atom is 0.243 e. The molecule has 1 atom stereocenters. The minimum atomic E-state index is -0.821. The van der Waals surface area contributed by atoms with Crippen molar-refractivity contribution in [1.82, 2.24) is 10.2 Å². The predicted molar refractivity (Wildman–Crippen MR) is 93.0 cm³/mol. The summed E-state index contributed by atoms with van der Waals surface area (Å²) < 4.78 is 0. The molecule has 0 aromatic carbocycles. The standard InChI is InChI=1S/C19H31N3O2/c1-2-3-4-7-12-21-17(23)16-9-8-13-22(14-16)18(24)19(15-20)10-5-6-11-19/h16H,2-14H2,1H3,(H,21,23). The lowest BCUT2D eigenvalue weighted by Gasteiger charge is -2.36. The van der Waals surface area contributed by atoms with E-state index in [1.165, 1.54) is 12.8 Å². The molecule has 134 valence electrons. The van der Waals surface area contributed by atoms with Crippen molar-refractivity contribution >= 4 is 11.8 Å². The van der Waals surface area contributed by atoms with Crippen molar-refractivity contribution in [3.8, 4) is 6.07 Å². The Bertz CT molecular complexity index is 477. The average Bonchev–Trinajstić information content (AvgIpc) is 3.11. The number of amides is 2. The summed E-state index contributed by atoms with van der Waals surface area (Å²) in [5, 5.41) is 12.5. The summed E-state index contributed by atoms with van der Waals surface area (Å²) in [5.74, 6) is -0.0876. The van der Waals surface area contributed by atoms with Crippen LogP contribution in [0.4, 0.5) is 0 Å². The van der Waals surface area contributed by atoms with Crippen LogP contribution in [-0.2, 0) is 9.59 Å². The van der Waals surface area contributed by atoms with E-state index >= 15 is 0 Å². The second kappa shape index (κ2) is 9.05. The lowest BCUT2D eigenvalue weighted by molar-refractivity contribution is -0.142. The van der Waals surface area contributed by atoms with Gasteiger partial charge in [0, 0.05) is 19.6 Å². The molecule has 0 bridgehead atoms. The fourth-order valence-electron chi connectivity index (χ4n) is 3.94. The summed E-state index contributed by atoms with van der Waals surface area (Å²) >= 11 is 0. The van der Waals surface area contributed by atoms with Gasteiger partial charge in [-0.25, -0.2) is 0 Å². The number of hydrogen-bond acceptors (Lipinski definition) is 3. The van der Waals surface area contributed by atoms with E-state index in [0.29, 0.717) is 25.9 Å². The molecule has 2 rings (SSSR count). The molecule has 1 aliphatic heterocycles. The van der Waals surface area contributed by atoms with E-state index in [-0.39, 0.29) is 17.7 Å². The highest BCUT2D eigenvalue weighted by molar-refractivity contribution is 5.87. The van der Waals surface area contributed by atoms with Crippen molar-refractivity contribution in [2.24, 2.45) is 11.3 Å². The van der Waals surface area contributed by atoms with Crippen LogP contribution in [0.15, 0.2) is 0 Å². The zero-order chi connectivity index (χ0) is 17.4. The predicted octanol–water partition coefficient (Wildman–Crippen LogP) is 3.01. The summed E-state index contributed by atoms with van der Waals surface area (Å²) in [6.07, 6.45) is 9.50. The first-order valence-electron chi connectivity index (χ1n) is 9.61. The van der Waals surface area contributed by atoms with Gasteiger partial charge in [-0.15, -0.1) is 0 Å². The molecular formula is C19H31N3O2. The lowest BCUT2D eigenvalue weighted by atomic mass is 9.85. The molecule has 5 nitrogen and oxygen atoms in total. The number of nitrogens with one attached hydrogen (secondary N) is 1. The van der Waals surface area contributed by atoms with E-state index in [9.17, 15) is 14.9 Å². The summed E-state index contributed by atoms with van der Waals surface area (Å²) in [5.41, 5.74) is -0.821. The Kier molecular flexibility index (Phi) is 7.08. The third-order valence-electron chi connectivity index (χ3n) is 5.49. The average molecular weight is 333 g/mol. The number of hydrogen-bond donors (Lipinski definition) is 1. The number of nitriles is 1. The largest absolute Gasteiger partial charge is 0.356 e. The Balaban J connectivity index is 1.84. The fraction of sp³-hybridized carbons (Fsp3) is 0.842. The molecule has 2 amide bonds. The summed E-state index contributed by atoms with van der Waals surface area (Å²) in [4.78, 5) is 27.0. The Hall–Kier alpha value is -1.57. The van der Waals surface area contributed by atoms with Crippen LogP contribution in [0.2, 0.25) is 0 Å². The molecule has 2 aliphatic rings. The number of carbonyl (C=O) groups excluding carboxylic acids is 2. The van der Waals surface area contributed by atoms with Crippen molar-refractivity contribution in [1.29, 1.82) is 5.26 Å². The van der Waals surface area contributed by atoms with E-state index in [2.05, 4.69) is 18.3 Å². The second-order valence-electron chi connectivity index (χ2n) is 7.34. The molecule has 0 radical (unpaired) electrons. The molecule has 24 heavy (non-hydrogen) atoms. The van der Waals surface area contributed by atoms with Gasteiger partial charge in [-0.1, -0.05) is 39.0 Å². The SMILES string of the molecule is CCCCCCNC(=O)C1CCCN(C(=O)C2(C#N)CCCC2)C1. The molecule has 1 saturated carbocycles. The van der Waals surface area contributed by atoms with Gasteiger partial charge in [-0.2, -0.15) is 5.26 Å². The minimum absolute atomic E-state index is 0.0389. The van der Waals surface area contributed by atoms with Crippen LogP contribution in [0.3, 0.4) is 0 Å². The van der Waals surface area contributed by atoms with Crippen LogP contribution in [0.1, 0.15) is 71.1 Å². The summed E-state index contributed by atoms with van der Waals surface area (Å²) in [7, 11) is 0. The molecule has 1 saturated heterocycles. The first-order valence-corrected chi connectivity index (χ1v) is 9.61. The van der Waals surface area contributed by atoms with Gasteiger partial charge in [-0.3, -0.25) is 9.59 Å². The summed E-state index contributed by atoms with van der Waals surface area (Å²) in [6.45, 7) is 4.06. The first kappa shape index (κ1) is 18.8. The zero-order valence-electron chi connectivity index (χ0n) is 15.0. The Labute approximate surface area is 145 Å². The number of carbonyl (C=O) groups is 2. The molecule has 0 aromatic rings. The van der Waals surface area contributed by atoms with Crippen LogP contribution in [0.5, 0.6) is 0 Å². The molecule has 0 spiro atoms. The van der Waals surface area contributed by atoms with Gasteiger partial charge in [0.15, 0.2) is 0 Å². The molecule has 2 fully saturated rings. The number of nitrogens with zero attached hydrogens (tertiary/aromatic N) is 2. The Morgan fingerprint density at radius 2 is 1.96 bits per heavy atom. The molecule has 5 heteroatoms. The first-order chi connectivity index (χ1) is 11.6. The van der Waals surface area contributed by atoms with Gasteiger partial charge in [0.25, 0.3) is 0 Å². The number of piperidine rings is 1. The van der Waals surface area contributed by atoms with Gasteiger partial charge in [0.2, 0.25) is 11.8 Å². The minimum Gasteiger partial charge on any atom is -0.356 e. The highest BCUT2D eigenvalue weighted by Crippen LogP contribution is 2.39. The fourth-order valence-corrected chi connectivity index (χ4v) is 3.94. The normalized spacial score (nSPS) is 22.8. The maximum atomic E-state index is 12.8. The molecular weight excluding hydrogens is 302 g/mol. The van der Waals surface area contributed by atoms with Crippen LogP contribution < -0.4 is 5.32 Å². The van der Waals surface area contributed by atoms with Gasteiger partial charge >= 0.3 is 0 Å². The van der Waals surface area contributed by atoms with Crippen molar-refractivity contribution in [3.05, 3.63) is 0 Å². The van der Waals surface area contributed by atoms with Crippen LogP contribution >= 0.6 is 0 Å². The Morgan fingerprint density at radius 1 is 1.21 bits per heavy atom. The van der Waals surface area contributed by atoms with Gasteiger partial charge in [0.05, 0.1) is 12.0 Å². The molecule has 0 aromatic heterocycles. The van der Waals surface area contributed by atoms with Gasteiger partial charge in [0.1, 0.15) is 5.41 Å².